The summed E-state index contributed by atoms with van der Waals surface area (Å²) < 4.78 is 0. The van der Waals surface area contributed by atoms with E-state index in [0.717, 1.165) is 6.54 Å². The largest absolute Gasteiger partial charge is 0.330 e. The van der Waals surface area contributed by atoms with E-state index in [2.05, 4.69) is 32.6 Å². The minimum Gasteiger partial charge on any atom is -0.330 e. The number of nitrogens with zero attached hydrogens (tertiary/aromatic N) is 1. The highest BCUT2D eigenvalue weighted by Gasteiger charge is 2.33. The van der Waals surface area contributed by atoms with Crippen LogP contribution in [-0.4, -0.2) is 30.1 Å². The van der Waals surface area contributed by atoms with E-state index >= 15 is 0 Å². The topological polar surface area (TPSA) is 29.3 Å². The van der Waals surface area contributed by atoms with Crippen molar-refractivity contribution in [3.8, 4) is 0 Å². The number of likely N-dealkylation sites (tertiary alicyclic amines) is 1. The van der Waals surface area contributed by atoms with Crippen LogP contribution in [0.4, 0.5) is 0 Å². The van der Waals surface area contributed by atoms with Crippen molar-refractivity contribution < 1.29 is 0 Å². The lowest BCUT2D eigenvalue weighted by molar-refractivity contribution is 0.0481. The van der Waals surface area contributed by atoms with Crippen LogP contribution in [-0.2, 0) is 0 Å². The van der Waals surface area contributed by atoms with Gasteiger partial charge in [0.2, 0.25) is 0 Å². The fourth-order valence-corrected chi connectivity index (χ4v) is 2.32. The minimum atomic E-state index is 0.337. The molecular formula is C12H26N2. The lowest BCUT2D eigenvalue weighted by Gasteiger charge is -2.45. The van der Waals surface area contributed by atoms with Gasteiger partial charge in [-0.3, -0.25) is 4.90 Å². The second-order valence-corrected chi connectivity index (χ2v) is 6.01. The van der Waals surface area contributed by atoms with Crippen LogP contribution < -0.4 is 5.73 Å². The summed E-state index contributed by atoms with van der Waals surface area (Å²) in [5.41, 5.74) is 6.50. The van der Waals surface area contributed by atoms with Crippen molar-refractivity contribution in [1.29, 1.82) is 0 Å². The van der Waals surface area contributed by atoms with Crippen LogP contribution in [0, 0.1) is 5.41 Å². The molecule has 14 heavy (non-hydrogen) atoms. The van der Waals surface area contributed by atoms with Gasteiger partial charge < -0.3 is 5.73 Å². The lowest BCUT2D eigenvalue weighted by Crippen LogP contribution is -2.48. The zero-order chi connectivity index (χ0) is 10.8. The molecule has 2 heteroatoms. The second-order valence-electron chi connectivity index (χ2n) is 6.01. The summed E-state index contributed by atoms with van der Waals surface area (Å²) in [6.45, 7) is 12.6. The van der Waals surface area contributed by atoms with Gasteiger partial charge in [-0.2, -0.15) is 0 Å². The summed E-state index contributed by atoms with van der Waals surface area (Å²) in [6.07, 6.45) is 3.80. The number of hydrogen-bond acceptors (Lipinski definition) is 2. The van der Waals surface area contributed by atoms with Crippen LogP contribution in [0.1, 0.15) is 47.0 Å². The van der Waals surface area contributed by atoms with Gasteiger partial charge in [0.25, 0.3) is 0 Å². The van der Waals surface area contributed by atoms with Crippen molar-refractivity contribution in [2.75, 3.05) is 19.6 Å². The zero-order valence-corrected chi connectivity index (χ0v) is 10.3. The highest BCUT2D eigenvalue weighted by molar-refractivity contribution is 4.87. The van der Waals surface area contributed by atoms with Gasteiger partial charge in [0, 0.05) is 5.54 Å². The normalized spacial score (nSPS) is 23.8. The van der Waals surface area contributed by atoms with Gasteiger partial charge in [0.05, 0.1) is 0 Å². The monoisotopic (exact) mass is 198 g/mol. The summed E-state index contributed by atoms with van der Waals surface area (Å²) in [4.78, 5) is 2.59. The lowest BCUT2D eigenvalue weighted by atomic mass is 9.77. The molecule has 0 aromatic rings. The Hall–Kier alpha value is -0.0800. The molecule has 1 aliphatic heterocycles. The van der Waals surface area contributed by atoms with Crippen molar-refractivity contribution in [3.05, 3.63) is 0 Å². The molecule has 0 spiro atoms. The van der Waals surface area contributed by atoms with E-state index in [0.29, 0.717) is 11.0 Å². The SMILES string of the molecule is CC1(CCN)CCN(C(C)(C)C)CC1. The number of piperidine rings is 1. The fourth-order valence-electron chi connectivity index (χ4n) is 2.32. The molecule has 0 atom stereocenters. The first-order valence-electron chi connectivity index (χ1n) is 5.82. The molecule has 2 N–H and O–H groups in total. The smallest absolute Gasteiger partial charge is 0.0125 e. The van der Waals surface area contributed by atoms with Crippen molar-refractivity contribution in [2.24, 2.45) is 11.1 Å². The third-order valence-electron chi connectivity index (χ3n) is 3.67. The van der Waals surface area contributed by atoms with Crippen molar-refractivity contribution in [1.82, 2.24) is 4.90 Å². The summed E-state index contributed by atoms with van der Waals surface area (Å²) in [6, 6.07) is 0. The van der Waals surface area contributed by atoms with E-state index in [1.165, 1.54) is 32.4 Å². The Labute approximate surface area is 88.8 Å². The number of nitrogens with two attached hydrogens (primary N) is 1. The van der Waals surface area contributed by atoms with Gasteiger partial charge in [-0.25, -0.2) is 0 Å². The predicted octanol–water partition coefficient (Wildman–Crippen LogP) is 2.24. The molecule has 1 heterocycles. The summed E-state index contributed by atoms with van der Waals surface area (Å²) >= 11 is 0. The maximum Gasteiger partial charge on any atom is 0.0125 e. The molecule has 1 rings (SSSR count). The molecule has 0 radical (unpaired) electrons. The molecule has 0 saturated carbocycles. The van der Waals surface area contributed by atoms with Crippen LogP contribution in [0.2, 0.25) is 0 Å². The molecule has 0 aromatic heterocycles. The van der Waals surface area contributed by atoms with Crippen LogP contribution in [0.15, 0.2) is 0 Å². The zero-order valence-electron chi connectivity index (χ0n) is 10.3. The third-order valence-corrected chi connectivity index (χ3v) is 3.67. The molecule has 0 amide bonds. The number of hydrogen-bond donors (Lipinski definition) is 1. The third kappa shape index (κ3) is 2.96. The van der Waals surface area contributed by atoms with Crippen LogP contribution in [0.5, 0.6) is 0 Å². The van der Waals surface area contributed by atoms with Gasteiger partial charge in [0.15, 0.2) is 0 Å². The molecule has 0 aliphatic carbocycles. The van der Waals surface area contributed by atoms with Gasteiger partial charge in [-0.15, -0.1) is 0 Å². The Bertz CT molecular complexity index is 173. The summed E-state index contributed by atoms with van der Waals surface area (Å²) in [7, 11) is 0. The van der Waals surface area contributed by atoms with Gasteiger partial charge in [-0.1, -0.05) is 6.92 Å². The van der Waals surface area contributed by atoms with Crippen LogP contribution in [0.25, 0.3) is 0 Å². The average Bonchev–Trinajstić information content (AvgIpc) is 2.03. The first-order valence-corrected chi connectivity index (χ1v) is 5.82. The maximum atomic E-state index is 5.65. The Kier molecular flexibility index (Phi) is 3.59. The van der Waals surface area contributed by atoms with Gasteiger partial charge in [-0.05, 0) is 65.1 Å². The quantitative estimate of drug-likeness (QED) is 0.737. The molecule has 84 valence electrons. The van der Waals surface area contributed by atoms with Crippen LogP contribution in [0.3, 0.4) is 0 Å². The Morgan fingerprint density at radius 1 is 1.21 bits per heavy atom. The molecule has 1 aliphatic rings. The van der Waals surface area contributed by atoms with E-state index in [9.17, 15) is 0 Å². The van der Waals surface area contributed by atoms with Crippen LogP contribution >= 0.6 is 0 Å². The number of rotatable bonds is 2. The van der Waals surface area contributed by atoms with E-state index in [4.69, 9.17) is 5.73 Å². The van der Waals surface area contributed by atoms with E-state index < -0.39 is 0 Å². The van der Waals surface area contributed by atoms with Gasteiger partial charge in [0.1, 0.15) is 0 Å². The predicted molar refractivity (Wildman–Crippen MR) is 62.3 cm³/mol. The molecule has 0 bridgehead atoms. The van der Waals surface area contributed by atoms with Crippen molar-refractivity contribution in [2.45, 2.75) is 52.5 Å². The minimum absolute atomic E-state index is 0.337. The Morgan fingerprint density at radius 2 is 1.71 bits per heavy atom. The second kappa shape index (κ2) is 4.19. The molecule has 1 fully saturated rings. The molecule has 0 aromatic carbocycles. The summed E-state index contributed by atoms with van der Waals surface area (Å²) in [5, 5.41) is 0. The molecule has 2 nitrogen and oxygen atoms in total. The average molecular weight is 198 g/mol. The first-order chi connectivity index (χ1) is 6.37. The molecule has 1 saturated heterocycles. The standard InChI is InChI=1S/C12H26N2/c1-11(2,3)14-9-6-12(4,5-8-13)7-10-14/h5-10,13H2,1-4H3. The van der Waals surface area contributed by atoms with E-state index in [-0.39, 0.29) is 0 Å². The molecular weight excluding hydrogens is 172 g/mol. The van der Waals surface area contributed by atoms with Gasteiger partial charge >= 0.3 is 0 Å². The van der Waals surface area contributed by atoms with E-state index in [1.807, 2.05) is 0 Å². The van der Waals surface area contributed by atoms with E-state index in [1.54, 1.807) is 0 Å². The van der Waals surface area contributed by atoms with Crippen molar-refractivity contribution in [3.63, 3.8) is 0 Å². The molecule has 0 unspecified atom stereocenters. The fraction of sp³-hybridized carbons (Fsp3) is 1.00. The Morgan fingerprint density at radius 3 is 2.07 bits per heavy atom. The summed E-state index contributed by atoms with van der Waals surface area (Å²) in [5.74, 6) is 0. The Balaban J connectivity index is 2.45. The van der Waals surface area contributed by atoms with Crippen molar-refractivity contribution >= 4 is 0 Å². The highest BCUT2D eigenvalue weighted by atomic mass is 15.2. The maximum absolute atomic E-state index is 5.65. The first kappa shape index (κ1) is 12.0. The highest BCUT2D eigenvalue weighted by Crippen LogP contribution is 2.35.